The predicted octanol–water partition coefficient (Wildman–Crippen LogP) is 4.11. The Hall–Kier alpha value is 1.81. The minimum absolute atomic E-state index is 1.47. The molecule has 0 aliphatic rings. The standard InChI is InChI=1S/C6H18Cl3GeNSi2/c1-12(2,3)11(10(7,8)9)13(4,5)6/h1-6H3. The van der Waals surface area contributed by atoms with E-state index in [-0.39, 0.29) is 0 Å². The average Bonchev–Trinajstić information content (AvgIpc) is 1.44. The molecule has 0 fully saturated rings. The quantitative estimate of drug-likeness (QED) is 0.700. The van der Waals surface area contributed by atoms with E-state index in [0.717, 1.165) is 0 Å². The molecule has 0 aromatic rings. The first-order chi connectivity index (χ1) is 5.37. The second-order valence-electron chi connectivity index (χ2n) is 5.14. The van der Waals surface area contributed by atoms with Gasteiger partial charge in [0.05, 0.1) is 0 Å². The molecule has 7 heteroatoms. The number of hydrogen-bond acceptors (Lipinski definition) is 1. The predicted molar refractivity (Wildman–Crippen MR) is 71.8 cm³/mol. The van der Waals surface area contributed by atoms with Crippen molar-refractivity contribution in [2.75, 3.05) is 0 Å². The Morgan fingerprint density at radius 1 is 0.769 bits per heavy atom. The van der Waals surface area contributed by atoms with Crippen LogP contribution in [0.2, 0.25) is 39.3 Å². The van der Waals surface area contributed by atoms with Gasteiger partial charge in [0.2, 0.25) is 0 Å². The van der Waals surface area contributed by atoms with Gasteiger partial charge in [-0.3, -0.25) is 0 Å². The van der Waals surface area contributed by atoms with Crippen LogP contribution in [0.4, 0.5) is 0 Å². The summed E-state index contributed by atoms with van der Waals surface area (Å²) in [4.78, 5) is 0. The summed E-state index contributed by atoms with van der Waals surface area (Å²) in [6, 6.07) is 0. The first-order valence-corrected chi connectivity index (χ1v) is 20.3. The third kappa shape index (κ3) is 4.91. The van der Waals surface area contributed by atoms with Crippen molar-refractivity contribution in [1.29, 1.82) is 0 Å². The van der Waals surface area contributed by atoms with Crippen LogP contribution in [0.5, 0.6) is 0 Å². The molecule has 13 heavy (non-hydrogen) atoms. The van der Waals surface area contributed by atoms with Crippen LogP contribution < -0.4 is 0 Å². The number of nitrogens with zero attached hydrogens (tertiary/aromatic N) is 1. The van der Waals surface area contributed by atoms with Crippen LogP contribution in [0.3, 0.4) is 0 Å². The Morgan fingerprint density at radius 2 is 1.00 bits per heavy atom. The Balaban J connectivity index is 5.02. The number of halogens is 3. The molecule has 0 saturated heterocycles. The van der Waals surface area contributed by atoms with E-state index in [1.54, 1.807) is 0 Å². The van der Waals surface area contributed by atoms with E-state index in [4.69, 9.17) is 30.0 Å². The SMILES string of the molecule is C[Si](C)(C)[N]([Si](C)(C)C)[Ge]([Cl])([Cl])[Cl]. The fourth-order valence-corrected chi connectivity index (χ4v) is 44.6. The summed E-state index contributed by atoms with van der Waals surface area (Å²) in [6.07, 6.45) is 0. The molecule has 0 aromatic heterocycles. The van der Waals surface area contributed by atoms with Gasteiger partial charge in [0.25, 0.3) is 0 Å². The molecule has 0 heterocycles. The van der Waals surface area contributed by atoms with Crippen molar-refractivity contribution in [3.05, 3.63) is 0 Å². The van der Waals surface area contributed by atoms with E-state index < -0.39 is 27.2 Å². The van der Waals surface area contributed by atoms with Crippen LogP contribution >= 0.6 is 30.0 Å². The molecule has 0 radical (unpaired) electrons. The third-order valence-electron chi connectivity index (χ3n) is 1.60. The van der Waals surface area contributed by atoms with Gasteiger partial charge in [-0.2, -0.15) is 0 Å². The zero-order chi connectivity index (χ0) is 11.1. The number of rotatable bonds is 3. The van der Waals surface area contributed by atoms with Gasteiger partial charge in [-0.05, 0) is 0 Å². The fourth-order valence-electron chi connectivity index (χ4n) is 1.77. The summed E-state index contributed by atoms with van der Waals surface area (Å²) in [7, 11) is 12.4. The molecule has 1 nitrogen and oxygen atoms in total. The topological polar surface area (TPSA) is 3.24 Å². The molecule has 0 spiro atoms. The summed E-state index contributed by atoms with van der Waals surface area (Å²) in [5.74, 6) is 0. The monoisotopic (exact) mass is 339 g/mol. The number of hydrogen-bond donors (Lipinski definition) is 0. The van der Waals surface area contributed by atoms with Crippen LogP contribution in [0.25, 0.3) is 0 Å². The first kappa shape index (κ1) is 14.8. The van der Waals surface area contributed by atoms with Crippen LogP contribution in [-0.2, 0) is 0 Å². The van der Waals surface area contributed by atoms with Crippen molar-refractivity contribution in [3.63, 3.8) is 0 Å². The van der Waals surface area contributed by atoms with Crippen molar-refractivity contribution in [2.24, 2.45) is 0 Å². The van der Waals surface area contributed by atoms with Crippen molar-refractivity contribution < 1.29 is 0 Å². The Bertz CT molecular complexity index is 149. The van der Waals surface area contributed by atoms with E-state index in [1.807, 2.05) is 0 Å². The van der Waals surface area contributed by atoms with Gasteiger partial charge >= 0.3 is 99.7 Å². The molecule has 0 aliphatic heterocycles. The normalized spacial score (nSPS) is 15.2. The Labute approximate surface area is 99.0 Å². The van der Waals surface area contributed by atoms with Gasteiger partial charge in [-0.15, -0.1) is 0 Å². The van der Waals surface area contributed by atoms with Crippen molar-refractivity contribution in [2.45, 2.75) is 39.3 Å². The van der Waals surface area contributed by atoms with Crippen LogP contribution in [0.1, 0.15) is 0 Å². The molecule has 80 valence electrons. The van der Waals surface area contributed by atoms with Gasteiger partial charge in [-0.25, -0.2) is 0 Å². The van der Waals surface area contributed by atoms with Crippen molar-refractivity contribution in [1.82, 2.24) is 3.19 Å². The molecule has 0 aromatic carbocycles. The van der Waals surface area contributed by atoms with E-state index in [2.05, 4.69) is 42.5 Å². The summed E-state index contributed by atoms with van der Waals surface area (Å²) in [6.45, 7) is 13.5. The summed E-state index contributed by atoms with van der Waals surface area (Å²) >= 11 is 0. The second kappa shape index (κ2) is 4.35. The summed E-state index contributed by atoms with van der Waals surface area (Å²) in [5.41, 5.74) is 0. The zero-order valence-corrected chi connectivity index (χ0v) is 15.4. The van der Waals surface area contributed by atoms with Crippen LogP contribution in [0.15, 0.2) is 0 Å². The molecular weight excluding hydrogens is 321 g/mol. The molecule has 0 saturated carbocycles. The van der Waals surface area contributed by atoms with E-state index in [9.17, 15) is 0 Å². The van der Waals surface area contributed by atoms with E-state index in [1.165, 1.54) is 0 Å². The molecular formula is C6H18Cl3GeNSi2. The maximum atomic E-state index is 6.18. The summed E-state index contributed by atoms with van der Waals surface area (Å²) in [5, 5.41) is 0. The van der Waals surface area contributed by atoms with Gasteiger partial charge in [-0.1, -0.05) is 0 Å². The Morgan fingerprint density at radius 3 is 1.00 bits per heavy atom. The van der Waals surface area contributed by atoms with Gasteiger partial charge < -0.3 is 0 Å². The molecule has 0 atom stereocenters. The van der Waals surface area contributed by atoms with Gasteiger partial charge in [0.15, 0.2) is 0 Å². The Kier molecular flexibility index (Phi) is 4.96. The molecule has 0 rings (SSSR count). The van der Waals surface area contributed by atoms with Gasteiger partial charge in [0.1, 0.15) is 0 Å². The second-order valence-corrected chi connectivity index (χ2v) is 31.5. The minimum atomic E-state index is -3.19. The molecule has 0 aliphatic carbocycles. The average molecular weight is 339 g/mol. The third-order valence-corrected chi connectivity index (χ3v) is 28.4. The van der Waals surface area contributed by atoms with E-state index >= 15 is 0 Å². The first-order valence-electron chi connectivity index (χ1n) is 4.24. The fraction of sp³-hybridized carbons (Fsp3) is 1.00. The van der Waals surface area contributed by atoms with Crippen molar-refractivity contribution >= 4 is 57.2 Å². The molecule has 0 bridgehead atoms. The summed E-state index contributed by atoms with van der Waals surface area (Å²) < 4.78 is 2.32. The van der Waals surface area contributed by atoms with Crippen LogP contribution in [-0.4, -0.2) is 30.4 Å². The van der Waals surface area contributed by atoms with E-state index in [0.29, 0.717) is 0 Å². The molecule has 0 unspecified atom stereocenters. The van der Waals surface area contributed by atoms with Crippen molar-refractivity contribution in [3.8, 4) is 0 Å². The maximum absolute atomic E-state index is 6.18. The molecule has 0 N–H and O–H groups in total. The zero-order valence-electron chi connectivity index (χ0n) is 9.08. The molecule has 0 amide bonds. The van der Waals surface area contributed by atoms with Gasteiger partial charge in [0, 0.05) is 0 Å². The van der Waals surface area contributed by atoms with Crippen LogP contribution in [0, 0.1) is 0 Å².